The van der Waals surface area contributed by atoms with Crippen molar-refractivity contribution < 1.29 is 22.7 Å². The Kier molecular flexibility index (Phi) is 4.84. The first-order valence-electron chi connectivity index (χ1n) is 6.76. The number of fused-ring (bicyclic) bond motifs is 1. The van der Waals surface area contributed by atoms with Gasteiger partial charge < -0.3 is 9.47 Å². The van der Waals surface area contributed by atoms with Gasteiger partial charge in [-0.3, -0.25) is 0 Å². The lowest BCUT2D eigenvalue weighted by Gasteiger charge is -2.27. The zero-order valence-corrected chi connectivity index (χ0v) is 13.0. The molecule has 0 saturated carbocycles. The topological polar surface area (TPSA) is 72.9 Å². The highest BCUT2D eigenvalue weighted by Gasteiger charge is 2.25. The van der Waals surface area contributed by atoms with Crippen LogP contribution in [0.2, 0.25) is 0 Å². The Labute approximate surface area is 124 Å². The van der Waals surface area contributed by atoms with Crippen molar-refractivity contribution in [2.75, 3.05) is 26.0 Å². The van der Waals surface area contributed by atoms with E-state index >= 15 is 0 Å². The molecule has 1 aliphatic heterocycles. The fourth-order valence-corrected chi connectivity index (χ4v) is 3.10. The number of carbonyl (C=O) groups excluding carboxylic acids is 1. The maximum atomic E-state index is 11.6. The van der Waals surface area contributed by atoms with Gasteiger partial charge in [0.05, 0.1) is 12.9 Å². The minimum Gasteiger partial charge on any atom is -0.482 e. The summed E-state index contributed by atoms with van der Waals surface area (Å²) in [6, 6.07) is 5.46. The van der Waals surface area contributed by atoms with E-state index in [4.69, 9.17) is 9.47 Å². The van der Waals surface area contributed by atoms with Crippen molar-refractivity contribution >= 4 is 16.0 Å². The van der Waals surface area contributed by atoms with Crippen LogP contribution in [0.5, 0.6) is 5.75 Å². The van der Waals surface area contributed by atoms with Gasteiger partial charge in [0.15, 0.2) is 6.61 Å². The first-order valence-corrected chi connectivity index (χ1v) is 8.61. The minimum atomic E-state index is -3.20. The Morgan fingerprint density at radius 3 is 2.81 bits per heavy atom. The molecule has 6 nitrogen and oxygen atoms in total. The predicted octanol–water partition coefficient (Wildman–Crippen LogP) is 0.946. The Morgan fingerprint density at radius 1 is 1.38 bits per heavy atom. The van der Waals surface area contributed by atoms with Crippen LogP contribution in [0.25, 0.3) is 0 Å². The van der Waals surface area contributed by atoms with Gasteiger partial charge in [0.25, 0.3) is 0 Å². The van der Waals surface area contributed by atoms with Crippen LogP contribution in [0.15, 0.2) is 18.2 Å². The highest BCUT2D eigenvalue weighted by Crippen LogP contribution is 2.28. The number of sulfonamides is 1. The molecule has 116 valence electrons. The molecule has 1 aliphatic rings. The molecule has 0 N–H and O–H groups in total. The summed E-state index contributed by atoms with van der Waals surface area (Å²) in [5, 5.41) is 0. The maximum Gasteiger partial charge on any atom is 0.344 e. The van der Waals surface area contributed by atoms with E-state index in [9.17, 15) is 13.2 Å². The van der Waals surface area contributed by atoms with E-state index in [1.54, 1.807) is 19.1 Å². The first-order chi connectivity index (χ1) is 9.91. The molecule has 2 rings (SSSR count). The number of carbonyl (C=O) groups is 1. The van der Waals surface area contributed by atoms with E-state index < -0.39 is 16.0 Å². The van der Waals surface area contributed by atoms with Crippen LogP contribution < -0.4 is 4.74 Å². The third-order valence-corrected chi connectivity index (χ3v) is 4.56. The molecule has 0 bridgehead atoms. The van der Waals surface area contributed by atoms with E-state index in [0.717, 1.165) is 11.1 Å². The highest BCUT2D eigenvalue weighted by molar-refractivity contribution is 7.88. The third kappa shape index (κ3) is 3.95. The summed E-state index contributed by atoms with van der Waals surface area (Å²) in [4.78, 5) is 11.3. The van der Waals surface area contributed by atoms with Crippen LogP contribution in [0.1, 0.15) is 18.1 Å². The number of rotatable bonds is 5. The zero-order valence-electron chi connectivity index (χ0n) is 12.2. The molecule has 1 heterocycles. The van der Waals surface area contributed by atoms with Crippen molar-refractivity contribution in [3.8, 4) is 5.75 Å². The third-order valence-electron chi connectivity index (χ3n) is 3.31. The number of hydrogen-bond donors (Lipinski definition) is 0. The van der Waals surface area contributed by atoms with Gasteiger partial charge >= 0.3 is 5.97 Å². The van der Waals surface area contributed by atoms with Crippen LogP contribution in [-0.4, -0.2) is 44.7 Å². The molecule has 0 unspecified atom stereocenters. The van der Waals surface area contributed by atoms with Crippen LogP contribution in [-0.2, 0) is 32.5 Å². The molecule has 0 atom stereocenters. The minimum absolute atomic E-state index is 0.139. The summed E-state index contributed by atoms with van der Waals surface area (Å²) >= 11 is 0. The molecule has 0 saturated heterocycles. The Balaban J connectivity index is 2.12. The van der Waals surface area contributed by atoms with E-state index in [2.05, 4.69) is 0 Å². The number of esters is 1. The van der Waals surface area contributed by atoms with Crippen LogP contribution >= 0.6 is 0 Å². The van der Waals surface area contributed by atoms with Gasteiger partial charge in [-0.2, -0.15) is 4.31 Å². The highest BCUT2D eigenvalue weighted by atomic mass is 32.2. The second-order valence-electron chi connectivity index (χ2n) is 4.83. The summed E-state index contributed by atoms with van der Waals surface area (Å²) in [5.41, 5.74) is 1.87. The predicted molar refractivity (Wildman–Crippen MR) is 77.5 cm³/mol. The molecule has 0 amide bonds. The molecule has 7 heteroatoms. The smallest absolute Gasteiger partial charge is 0.344 e. The molecule has 0 spiro atoms. The normalized spacial score (nSPS) is 15.3. The largest absolute Gasteiger partial charge is 0.482 e. The fourth-order valence-electron chi connectivity index (χ4n) is 2.31. The second kappa shape index (κ2) is 6.44. The number of nitrogens with zero attached hydrogens (tertiary/aromatic N) is 1. The van der Waals surface area contributed by atoms with Gasteiger partial charge in [0.1, 0.15) is 5.75 Å². The van der Waals surface area contributed by atoms with Crippen molar-refractivity contribution in [3.63, 3.8) is 0 Å². The summed E-state index contributed by atoms with van der Waals surface area (Å²) < 4.78 is 35.0. The second-order valence-corrected chi connectivity index (χ2v) is 6.82. The average Bonchev–Trinajstić information content (AvgIpc) is 2.43. The van der Waals surface area contributed by atoms with Crippen molar-refractivity contribution in [2.24, 2.45) is 0 Å². The number of ether oxygens (including phenoxy) is 2. The van der Waals surface area contributed by atoms with Crippen LogP contribution in [0, 0.1) is 0 Å². The van der Waals surface area contributed by atoms with E-state index in [0.29, 0.717) is 31.9 Å². The molecule has 0 aromatic heterocycles. The fraction of sp³-hybridized carbons (Fsp3) is 0.500. The van der Waals surface area contributed by atoms with Crippen molar-refractivity contribution in [1.29, 1.82) is 0 Å². The molecule has 1 aromatic rings. The molecule has 21 heavy (non-hydrogen) atoms. The van der Waals surface area contributed by atoms with E-state index in [1.165, 1.54) is 10.6 Å². The maximum absolute atomic E-state index is 11.6. The lowest BCUT2D eigenvalue weighted by atomic mass is 10.0. The van der Waals surface area contributed by atoms with Gasteiger partial charge in [0.2, 0.25) is 10.0 Å². The first kappa shape index (κ1) is 15.8. The standard InChI is InChI=1S/C14H19NO5S/c1-3-19-14(16)10-20-13-6-4-5-11-9-15(21(2,17)18)8-7-12(11)13/h4-6H,3,7-10H2,1-2H3. The Hall–Kier alpha value is -1.60. The molecular formula is C14H19NO5S. The average molecular weight is 313 g/mol. The molecule has 0 fully saturated rings. The van der Waals surface area contributed by atoms with Gasteiger partial charge in [-0.15, -0.1) is 0 Å². The van der Waals surface area contributed by atoms with Gasteiger partial charge in [-0.05, 0) is 30.5 Å². The monoisotopic (exact) mass is 313 g/mol. The SMILES string of the molecule is CCOC(=O)COc1cccc2c1CCN(S(C)(=O)=O)C2. The number of hydrogen-bond acceptors (Lipinski definition) is 5. The number of benzene rings is 1. The van der Waals surface area contributed by atoms with Crippen molar-refractivity contribution in [1.82, 2.24) is 4.31 Å². The van der Waals surface area contributed by atoms with Gasteiger partial charge in [-0.1, -0.05) is 12.1 Å². The Bertz CT molecular complexity index is 626. The quantitative estimate of drug-likeness (QED) is 0.757. The Morgan fingerprint density at radius 2 is 2.14 bits per heavy atom. The van der Waals surface area contributed by atoms with Crippen molar-refractivity contribution in [3.05, 3.63) is 29.3 Å². The van der Waals surface area contributed by atoms with E-state index in [1.807, 2.05) is 6.07 Å². The molecule has 0 radical (unpaired) electrons. The zero-order chi connectivity index (χ0) is 15.5. The van der Waals surface area contributed by atoms with Gasteiger partial charge in [-0.25, -0.2) is 13.2 Å². The van der Waals surface area contributed by atoms with Crippen LogP contribution in [0.4, 0.5) is 0 Å². The van der Waals surface area contributed by atoms with Gasteiger partial charge in [0, 0.05) is 13.1 Å². The molecule has 1 aromatic carbocycles. The van der Waals surface area contributed by atoms with Crippen molar-refractivity contribution in [2.45, 2.75) is 19.9 Å². The summed E-state index contributed by atoms with van der Waals surface area (Å²) in [7, 11) is -3.20. The van der Waals surface area contributed by atoms with E-state index in [-0.39, 0.29) is 6.61 Å². The van der Waals surface area contributed by atoms with Crippen LogP contribution in [0.3, 0.4) is 0 Å². The lowest BCUT2D eigenvalue weighted by Crippen LogP contribution is -2.35. The molecular weight excluding hydrogens is 294 g/mol. The summed E-state index contributed by atoms with van der Waals surface area (Å²) in [5.74, 6) is 0.206. The summed E-state index contributed by atoms with van der Waals surface area (Å²) in [6.45, 7) is 2.68. The molecule has 0 aliphatic carbocycles. The summed E-state index contributed by atoms with van der Waals surface area (Å²) in [6.07, 6.45) is 1.78. The lowest BCUT2D eigenvalue weighted by molar-refractivity contribution is -0.145.